The number of ether oxygens (including phenoxy) is 2. The molecular formula is C21H26N2O3. The lowest BCUT2D eigenvalue weighted by molar-refractivity contribution is -0.132. The second-order valence-electron chi connectivity index (χ2n) is 8.82. The third-order valence-electron chi connectivity index (χ3n) is 7.62. The third-order valence-corrected chi connectivity index (χ3v) is 7.62. The summed E-state index contributed by atoms with van der Waals surface area (Å²) in [7, 11) is 1.69. The highest BCUT2D eigenvalue weighted by Crippen LogP contribution is 2.61. The van der Waals surface area contributed by atoms with Crippen molar-refractivity contribution in [3.05, 3.63) is 23.3 Å². The number of amides is 1. The van der Waals surface area contributed by atoms with Crippen LogP contribution >= 0.6 is 0 Å². The summed E-state index contributed by atoms with van der Waals surface area (Å²) in [6.07, 6.45) is 5.53. The number of nitrogens with zero attached hydrogens (tertiary/aromatic N) is 1. The molecule has 3 fully saturated rings. The van der Waals surface area contributed by atoms with Crippen LogP contribution in [0.15, 0.2) is 12.1 Å². The Bertz CT molecular complexity index is 790. The lowest BCUT2D eigenvalue weighted by Crippen LogP contribution is -2.64. The zero-order chi connectivity index (χ0) is 17.5. The van der Waals surface area contributed by atoms with Gasteiger partial charge in [-0.3, -0.25) is 9.69 Å². The topological polar surface area (TPSA) is 50.8 Å². The summed E-state index contributed by atoms with van der Waals surface area (Å²) in [6.45, 7) is 3.09. The van der Waals surface area contributed by atoms with Crippen molar-refractivity contribution in [3.63, 3.8) is 0 Å². The number of piperidine rings is 1. The van der Waals surface area contributed by atoms with Gasteiger partial charge in [-0.1, -0.05) is 6.07 Å². The van der Waals surface area contributed by atoms with Crippen LogP contribution in [0.5, 0.6) is 11.5 Å². The van der Waals surface area contributed by atoms with Crippen LogP contribution < -0.4 is 14.8 Å². The molecular weight excluding hydrogens is 328 g/mol. The highest BCUT2D eigenvalue weighted by Gasteiger charge is 2.65. The molecule has 5 heteroatoms. The summed E-state index contributed by atoms with van der Waals surface area (Å²) in [4.78, 5) is 15.7. The van der Waals surface area contributed by atoms with Crippen LogP contribution in [0.25, 0.3) is 0 Å². The van der Waals surface area contributed by atoms with Gasteiger partial charge in [0.1, 0.15) is 0 Å². The maximum absolute atomic E-state index is 12.9. The van der Waals surface area contributed by atoms with Crippen LogP contribution in [0, 0.1) is 11.8 Å². The van der Waals surface area contributed by atoms with Crippen LogP contribution in [-0.4, -0.2) is 49.7 Å². The van der Waals surface area contributed by atoms with Crippen molar-refractivity contribution in [2.75, 3.05) is 26.7 Å². The van der Waals surface area contributed by atoms with Crippen molar-refractivity contribution < 1.29 is 14.3 Å². The summed E-state index contributed by atoms with van der Waals surface area (Å²) in [5.74, 6) is 3.06. The highest BCUT2D eigenvalue weighted by molar-refractivity contribution is 5.86. The SMILES string of the molecule is COc1ccc2c3c1O[C@H]1C(=O)NCC[C@H]4[C@@H](C2)N(CC2CC2)CC[C@]314. The fourth-order valence-corrected chi connectivity index (χ4v) is 6.37. The van der Waals surface area contributed by atoms with Crippen LogP contribution in [0.1, 0.15) is 36.8 Å². The molecule has 3 aliphatic heterocycles. The Labute approximate surface area is 154 Å². The van der Waals surface area contributed by atoms with Crippen molar-refractivity contribution in [1.29, 1.82) is 0 Å². The number of methoxy groups -OCH3 is 1. The molecule has 1 aromatic carbocycles. The summed E-state index contributed by atoms with van der Waals surface area (Å²) in [5.41, 5.74) is 2.51. The molecule has 6 rings (SSSR count). The van der Waals surface area contributed by atoms with Gasteiger partial charge in [-0.05, 0) is 62.1 Å². The molecule has 2 aliphatic carbocycles. The van der Waals surface area contributed by atoms with E-state index in [9.17, 15) is 4.79 Å². The summed E-state index contributed by atoms with van der Waals surface area (Å²) in [6, 6.07) is 4.78. The molecule has 4 atom stereocenters. The third kappa shape index (κ3) is 1.82. The predicted octanol–water partition coefficient (Wildman–Crippen LogP) is 1.87. The average Bonchev–Trinajstić information content (AvgIpc) is 3.41. The first-order valence-electron chi connectivity index (χ1n) is 10.1. The number of nitrogens with one attached hydrogen (secondary N) is 1. The van der Waals surface area contributed by atoms with Gasteiger partial charge in [-0.25, -0.2) is 0 Å². The van der Waals surface area contributed by atoms with Gasteiger partial charge < -0.3 is 14.8 Å². The van der Waals surface area contributed by atoms with Crippen molar-refractivity contribution in [2.45, 2.75) is 49.7 Å². The van der Waals surface area contributed by atoms with Crippen molar-refractivity contribution in [1.82, 2.24) is 10.2 Å². The molecule has 3 heterocycles. The van der Waals surface area contributed by atoms with E-state index in [1.165, 1.54) is 30.5 Å². The number of likely N-dealkylation sites (tertiary alicyclic amines) is 1. The van der Waals surface area contributed by atoms with E-state index in [0.29, 0.717) is 12.0 Å². The van der Waals surface area contributed by atoms with Gasteiger partial charge in [0.2, 0.25) is 0 Å². The van der Waals surface area contributed by atoms with E-state index in [1.54, 1.807) is 7.11 Å². The van der Waals surface area contributed by atoms with E-state index >= 15 is 0 Å². The Balaban J connectivity index is 1.54. The molecule has 1 saturated carbocycles. The van der Waals surface area contributed by atoms with Crippen LogP contribution in [-0.2, 0) is 16.6 Å². The van der Waals surface area contributed by atoms with Gasteiger partial charge in [-0.2, -0.15) is 0 Å². The monoisotopic (exact) mass is 354 g/mol. The summed E-state index contributed by atoms with van der Waals surface area (Å²) < 4.78 is 12.0. The molecule has 1 aromatic rings. The van der Waals surface area contributed by atoms with E-state index in [4.69, 9.17) is 9.47 Å². The second kappa shape index (κ2) is 5.16. The molecule has 5 aliphatic rings. The molecule has 26 heavy (non-hydrogen) atoms. The lowest BCUT2D eigenvalue weighted by atomic mass is 9.55. The average molecular weight is 354 g/mol. The first-order chi connectivity index (χ1) is 12.7. The minimum Gasteiger partial charge on any atom is -0.493 e. The summed E-state index contributed by atoms with van der Waals surface area (Å²) >= 11 is 0. The normalized spacial score (nSPS) is 37.4. The van der Waals surface area contributed by atoms with Gasteiger partial charge in [0.05, 0.1) is 12.5 Å². The van der Waals surface area contributed by atoms with E-state index < -0.39 is 6.10 Å². The summed E-state index contributed by atoms with van der Waals surface area (Å²) in [5, 5.41) is 3.13. The Kier molecular flexibility index (Phi) is 3.04. The Morgan fingerprint density at radius 3 is 3.04 bits per heavy atom. The number of hydrogen-bond donors (Lipinski definition) is 1. The number of hydrogen-bond acceptors (Lipinski definition) is 4. The number of carbonyl (C=O) groups is 1. The molecule has 0 radical (unpaired) electrons. The molecule has 2 bridgehead atoms. The van der Waals surface area contributed by atoms with Gasteiger partial charge in [0, 0.05) is 24.7 Å². The predicted molar refractivity (Wildman–Crippen MR) is 96.6 cm³/mol. The van der Waals surface area contributed by atoms with E-state index in [2.05, 4.69) is 16.3 Å². The minimum absolute atomic E-state index is 0.0630. The minimum atomic E-state index is -0.397. The standard InChI is InChI=1S/C21H26N2O3/c1-25-16-5-4-13-10-15-14-6-8-22-20(24)19-21(14,17(13)18(16)26-19)7-9-23(15)11-12-2-3-12/h4-5,12,14-15,19H,2-3,6-11H2,1H3,(H,22,24)/t14-,15+,19-,21-/m0/s1. The second-order valence-corrected chi connectivity index (χ2v) is 8.82. The first-order valence-corrected chi connectivity index (χ1v) is 10.1. The van der Waals surface area contributed by atoms with Crippen LogP contribution in [0.3, 0.4) is 0 Å². The molecule has 0 unspecified atom stereocenters. The molecule has 1 spiro atoms. The van der Waals surface area contributed by atoms with Crippen molar-refractivity contribution in [3.8, 4) is 11.5 Å². The number of benzene rings is 1. The van der Waals surface area contributed by atoms with Gasteiger partial charge in [0.15, 0.2) is 17.6 Å². The smallest absolute Gasteiger partial charge is 0.262 e. The van der Waals surface area contributed by atoms with Crippen LogP contribution in [0.2, 0.25) is 0 Å². The Hall–Kier alpha value is -1.75. The molecule has 2 saturated heterocycles. The van der Waals surface area contributed by atoms with Gasteiger partial charge >= 0.3 is 0 Å². The maximum atomic E-state index is 12.9. The van der Waals surface area contributed by atoms with E-state index in [-0.39, 0.29) is 11.3 Å². The van der Waals surface area contributed by atoms with E-state index in [0.717, 1.165) is 49.8 Å². The van der Waals surface area contributed by atoms with Crippen LogP contribution in [0.4, 0.5) is 0 Å². The van der Waals surface area contributed by atoms with Crippen molar-refractivity contribution in [2.24, 2.45) is 11.8 Å². The van der Waals surface area contributed by atoms with Gasteiger partial charge in [0.25, 0.3) is 5.91 Å². The quantitative estimate of drug-likeness (QED) is 0.900. The molecule has 138 valence electrons. The van der Waals surface area contributed by atoms with Crippen molar-refractivity contribution >= 4 is 5.91 Å². The molecule has 1 N–H and O–H groups in total. The molecule has 0 aromatic heterocycles. The zero-order valence-electron chi connectivity index (χ0n) is 15.3. The maximum Gasteiger partial charge on any atom is 0.262 e. The zero-order valence-corrected chi connectivity index (χ0v) is 15.3. The number of carbonyl (C=O) groups excluding carboxylic acids is 1. The Morgan fingerprint density at radius 1 is 1.35 bits per heavy atom. The first kappa shape index (κ1) is 15.3. The highest BCUT2D eigenvalue weighted by atomic mass is 16.5. The van der Waals surface area contributed by atoms with E-state index in [1.807, 2.05) is 6.07 Å². The molecule has 1 amide bonds. The fourth-order valence-electron chi connectivity index (χ4n) is 6.37. The van der Waals surface area contributed by atoms with Gasteiger partial charge in [-0.15, -0.1) is 0 Å². The lowest BCUT2D eigenvalue weighted by Gasteiger charge is -2.55. The Morgan fingerprint density at radius 2 is 2.23 bits per heavy atom. The largest absolute Gasteiger partial charge is 0.493 e. The number of rotatable bonds is 3. The fraction of sp³-hybridized carbons (Fsp3) is 0.667. The molecule has 5 nitrogen and oxygen atoms in total.